The molecule has 0 unspecified atom stereocenters. The Kier molecular flexibility index (Phi) is 8.96. The number of carbonyl (C=O) groups excluding carboxylic acids is 1. The van der Waals surface area contributed by atoms with E-state index in [1.807, 2.05) is 0 Å². The van der Waals surface area contributed by atoms with Crippen LogP contribution in [0.4, 0.5) is 0 Å². The average molecular weight is 569 g/mol. The number of esters is 1. The largest absolute Gasteiger partial charge is 0.469 e. The van der Waals surface area contributed by atoms with E-state index in [-0.39, 0.29) is 34.9 Å². The van der Waals surface area contributed by atoms with Gasteiger partial charge in [-0.1, -0.05) is 20.8 Å². The molecule has 5 fully saturated rings. The Labute approximate surface area is 238 Å². The van der Waals surface area contributed by atoms with Gasteiger partial charge in [-0.05, 0) is 104 Å². The van der Waals surface area contributed by atoms with Gasteiger partial charge in [0, 0.05) is 6.42 Å². The first kappa shape index (κ1) is 30.6. The van der Waals surface area contributed by atoms with E-state index in [9.17, 15) is 30.3 Å². The number of methoxy groups -OCH3 is 1. The van der Waals surface area contributed by atoms with E-state index in [1.165, 1.54) is 7.11 Å². The number of hydrogen-bond donors (Lipinski definition) is 5. The highest BCUT2D eigenvalue weighted by Crippen LogP contribution is 2.68. The van der Waals surface area contributed by atoms with Crippen LogP contribution in [0.2, 0.25) is 0 Å². The van der Waals surface area contributed by atoms with E-state index in [4.69, 9.17) is 14.2 Å². The molecule has 9 nitrogen and oxygen atoms in total. The molecule has 230 valence electrons. The number of fused-ring (bicyclic) bond motifs is 5. The van der Waals surface area contributed by atoms with Crippen LogP contribution in [0.25, 0.3) is 0 Å². The molecule has 9 heteroatoms. The Morgan fingerprint density at radius 1 is 0.950 bits per heavy atom. The fourth-order valence-electron chi connectivity index (χ4n) is 10.3. The van der Waals surface area contributed by atoms with Gasteiger partial charge in [0.15, 0.2) is 6.29 Å². The van der Waals surface area contributed by atoms with Crippen molar-refractivity contribution in [2.45, 2.75) is 128 Å². The number of ether oxygens (including phenoxy) is 3. The predicted octanol–water partition coefficient (Wildman–Crippen LogP) is 2.39. The highest BCUT2D eigenvalue weighted by atomic mass is 16.7. The Morgan fingerprint density at radius 3 is 2.35 bits per heavy atom. The molecule has 40 heavy (non-hydrogen) atoms. The molecule has 4 saturated carbocycles. The molecule has 1 saturated heterocycles. The quantitative estimate of drug-likeness (QED) is 0.231. The van der Waals surface area contributed by atoms with Gasteiger partial charge in [-0.25, -0.2) is 0 Å². The number of carbonyl (C=O) groups is 1. The van der Waals surface area contributed by atoms with Crippen molar-refractivity contribution in [2.75, 3.05) is 13.7 Å². The van der Waals surface area contributed by atoms with Crippen molar-refractivity contribution >= 4 is 5.97 Å². The smallest absolute Gasteiger partial charge is 0.305 e. The van der Waals surface area contributed by atoms with Crippen LogP contribution in [-0.2, 0) is 19.0 Å². The van der Waals surface area contributed by atoms with E-state index in [1.54, 1.807) is 0 Å². The second kappa shape index (κ2) is 11.7. The molecule has 0 spiro atoms. The molecule has 4 aliphatic carbocycles. The minimum Gasteiger partial charge on any atom is -0.469 e. The molecule has 0 amide bonds. The summed E-state index contributed by atoms with van der Waals surface area (Å²) in [6.07, 6.45) is 2.27. The molecule has 0 radical (unpaired) electrons. The Hall–Kier alpha value is -0.810. The highest BCUT2D eigenvalue weighted by Gasteiger charge is 2.63. The summed E-state index contributed by atoms with van der Waals surface area (Å²) >= 11 is 0. The van der Waals surface area contributed by atoms with Crippen molar-refractivity contribution < 1.29 is 44.5 Å². The summed E-state index contributed by atoms with van der Waals surface area (Å²) in [6, 6.07) is 0. The minimum atomic E-state index is -1.45. The number of hydrogen-bond acceptors (Lipinski definition) is 9. The van der Waals surface area contributed by atoms with Crippen LogP contribution in [0.1, 0.15) is 85.0 Å². The van der Waals surface area contributed by atoms with Gasteiger partial charge in [0.25, 0.3) is 0 Å². The summed E-state index contributed by atoms with van der Waals surface area (Å²) in [6.45, 7) is 6.68. The molecular formula is C31H52O9. The number of rotatable bonds is 7. The molecule has 0 aromatic heterocycles. The maximum atomic E-state index is 11.8. The van der Waals surface area contributed by atoms with Crippen LogP contribution in [0.3, 0.4) is 0 Å². The zero-order chi connectivity index (χ0) is 29.0. The van der Waals surface area contributed by atoms with Gasteiger partial charge in [-0.2, -0.15) is 0 Å². The molecule has 0 aromatic carbocycles. The van der Waals surface area contributed by atoms with Crippen LogP contribution in [0.15, 0.2) is 0 Å². The molecule has 0 aromatic rings. The van der Waals surface area contributed by atoms with E-state index < -0.39 is 37.3 Å². The van der Waals surface area contributed by atoms with Crippen molar-refractivity contribution in [3.63, 3.8) is 0 Å². The predicted molar refractivity (Wildman–Crippen MR) is 146 cm³/mol. The van der Waals surface area contributed by atoms with Crippen molar-refractivity contribution in [2.24, 2.45) is 46.3 Å². The first-order valence-electron chi connectivity index (χ1n) is 15.7. The first-order chi connectivity index (χ1) is 18.9. The van der Waals surface area contributed by atoms with Crippen molar-refractivity contribution in [3.8, 4) is 0 Å². The van der Waals surface area contributed by atoms with E-state index in [0.29, 0.717) is 36.0 Å². The van der Waals surface area contributed by atoms with Gasteiger partial charge in [-0.3, -0.25) is 4.79 Å². The van der Waals surface area contributed by atoms with Gasteiger partial charge in [0.05, 0.1) is 25.9 Å². The lowest BCUT2D eigenvalue weighted by Crippen LogP contribution is -2.61. The third kappa shape index (κ3) is 5.16. The second-order valence-electron chi connectivity index (χ2n) is 14.3. The van der Waals surface area contributed by atoms with Crippen molar-refractivity contribution in [1.29, 1.82) is 0 Å². The summed E-state index contributed by atoms with van der Waals surface area (Å²) in [5, 5.41) is 52.0. The Balaban J connectivity index is 1.25. The van der Waals surface area contributed by atoms with Crippen LogP contribution in [0.5, 0.6) is 0 Å². The monoisotopic (exact) mass is 568 g/mol. The maximum Gasteiger partial charge on any atom is 0.305 e. The highest BCUT2D eigenvalue weighted by molar-refractivity contribution is 5.69. The molecule has 15 atom stereocenters. The Morgan fingerprint density at radius 2 is 1.65 bits per heavy atom. The molecule has 1 heterocycles. The lowest BCUT2D eigenvalue weighted by molar-refractivity contribution is -0.317. The topological polar surface area (TPSA) is 146 Å². The molecule has 0 bridgehead atoms. The van der Waals surface area contributed by atoms with Gasteiger partial charge in [0.2, 0.25) is 0 Å². The fourth-order valence-corrected chi connectivity index (χ4v) is 10.3. The molecular weight excluding hydrogens is 516 g/mol. The zero-order valence-corrected chi connectivity index (χ0v) is 24.7. The maximum absolute atomic E-state index is 11.8. The fraction of sp³-hybridized carbons (Fsp3) is 0.968. The summed E-state index contributed by atoms with van der Waals surface area (Å²) in [4.78, 5) is 11.8. The summed E-state index contributed by atoms with van der Waals surface area (Å²) in [7, 11) is 1.45. The van der Waals surface area contributed by atoms with Crippen LogP contribution < -0.4 is 0 Å². The second-order valence-corrected chi connectivity index (χ2v) is 14.3. The van der Waals surface area contributed by atoms with Gasteiger partial charge in [0.1, 0.15) is 24.4 Å². The number of aliphatic hydroxyl groups excluding tert-OH is 5. The lowest BCUT2D eigenvalue weighted by Gasteiger charge is -2.62. The molecule has 5 aliphatic rings. The molecule has 1 aliphatic heterocycles. The average Bonchev–Trinajstić information content (AvgIpc) is 3.29. The van der Waals surface area contributed by atoms with Gasteiger partial charge < -0.3 is 39.7 Å². The minimum absolute atomic E-state index is 0.106. The van der Waals surface area contributed by atoms with Gasteiger partial charge >= 0.3 is 5.97 Å². The lowest BCUT2D eigenvalue weighted by atomic mass is 9.43. The van der Waals surface area contributed by atoms with Crippen LogP contribution >= 0.6 is 0 Å². The van der Waals surface area contributed by atoms with Crippen LogP contribution in [0, 0.1) is 46.3 Å². The summed E-state index contributed by atoms with van der Waals surface area (Å²) < 4.78 is 16.7. The van der Waals surface area contributed by atoms with E-state index in [2.05, 4.69) is 20.8 Å². The third-order valence-electron chi connectivity index (χ3n) is 12.6. The summed E-state index contributed by atoms with van der Waals surface area (Å²) in [5.74, 6) is 2.40. The number of aliphatic hydroxyl groups is 5. The normalized spacial score (nSPS) is 51.3. The standard InChI is InChI=1S/C31H52O9/c1-16(5-8-24(34)38-4)19-6-7-20-25-21(10-12-31(19,20)3)30(2)11-9-18(13-17(30)14-22(25)33)39-29-28(37)27(36)26(35)23(15-32)40-29/h16-23,25-29,32-33,35-37H,5-15H2,1-4H3/t16-,17+,18-,19-,20+,21+,22+,23-,25+,26-,27+,28-,29-,30+,31-/m1/s1. The first-order valence-corrected chi connectivity index (χ1v) is 15.7. The van der Waals surface area contributed by atoms with Crippen LogP contribution in [-0.4, -0.2) is 88.1 Å². The van der Waals surface area contributed by atoms with Crippen molar-refractivity contribution in [3.05, 3.63) is 0 Å². The zero-order valence-electron chi connectivity index (χ0n) is 24.7. The van der Waals surface area contributed by atoms with E-state index in [0.717, 1.165) is 57.8 Å². The van der Waals surface area contributed by atoms with E-state index >= 15 is 0 Å². The Bertz CT molecular complexity index is 898. The summed E-state index contributed by atoms with van der Waals surface area (Å²) in [5.41, 5.74) is 0.291. The SMILES string of the molecule is COC(=O)CC[C@@H](C)[C@H]1CC[C@H]2[C@@H]3[C@@H](O)C[C@@H]4C[C@H](O[C@@H]5O[C@H](CO)[C@@H](O)[C@H](O)[C@H]5O)CC[C@]4(C)[C@H]3CC[C@]12C. The van der Waals surface area contributed by atoms with Gasteiger partial charge in [-0.15, -0.1) is 0 Å². The molecule has 5 rings (SSSR count). The molecule has 5 N–H and O–H groups in total. The third-order valence-corrected chi connectivity index (χ3v) is 12.6. The van der Waals surface area contributed by atoms with Crippen molar-refractivity contribution in [1.82, 2.24) is 0 Å².